The standard InChI is InChI=1S/C12H17N3O/c1-15-11-7-9(8-13)3-4-10(11)14-12(15)5-6-16-2/h3-4,7H,5-6,8,13H2,1-2H3. The molecule has 2 N–H and O–H groups in total. The minimum atomic E-state index is 0.564. The number of hydrogen-bond donors (Lipinski definition) is 1. The van der Waals surface area contributed by atoms with Crippen LogP contribution in [-0.4, -0.2) is 23.3 Å². The summed E-state index contributed by atoms with van der Waals surface area (Å²) >= 11 is 0. The van der Waals surface area contributed by atoms with Gasteiger partial charge in [-0.25, -0.2) is 4.98 Å². The van der Waals surface area contributed by atoms with E-state index in [1.54, 1.807) is 7.11 Å². The number of nitrogens with zero attached hydrogens (tertiary/aromatic N) is 2. The number of ether oxygens (including phenoxy) is 1. The van der Waals surface area contributed by atoms with Crippen molar-refractivity contribution in [2.45, 2.75) is 13.0 Å². The number of rotatable bonds is 4. The second-order valence-electron chi connectivity index (χ2n) is 3.86. The largest absolute Gasteiger partial charge is 0.384 e. The van der Waals surface area contributed by atoms with Crippen LogP contribution in [-0.2, 0) is 24.8 Å². The van der Waals surface area contributed by atoms with Crippen molar-refractivity contribution in [2.24, 2.45) is 12.8 Å². The number of hydrogen-bond acceptors (Lipinski definition) is 3. The average Bonchev–Trinajstić information content (AvgIpc) is 2.63. The van der Waals surface area contributed by atoms with Gasteiger partial charge in [0.25, 0.3) is 0 Å². The van der Waals surface area contributed by atoms with E-state index in [4.69, 9.17) is 10.5 Å². The molecule has 1 heterocycles. The number of methoxy groups -OCH3 is 1. The lowest BCUT2D eigenvalue weighted by molar-refractivity contribution is 0.200. The van der Waals surface area contributed by atoms with Gasteiger partial charge in [0, 0.05) is 27.1 Å². The number of aromatic nitrogens is 2. The maximum atomic E-state index is 5.63. The zero-order valence-corrected chi connectivity index (χ0v) is 9.73. The van der Waals surface area contributed by atoms with Gasteiger partial charge in [0.05, 0.1) is 17.6 Å². The molecule has 0 spiro atoms. The first-order chi connectivity index (χ1) is 7.76. The molecule has 0 amide bonds. The summed E-state index contributed by atoms with van der Waals surface area (Å²) in [5.74, 6) is 1.05. The quantitative estimate of drug-likeness (QED) is 0.841. The molecule has 0 aliphatic heterocycles. The Labute approximate surface area is 95.0 Å². The van der Waals surface area contributed by atoms with Crippen LogP contribution < -0.4 is 5.73 Å². The van der Waals surface area contributed by atoms with Crippen LogP contribution >= 0.6 is 0 Å². The summed E-state index contributed by atoms with van der Waals surface area (Å²) in [5, 5.41) is 0. The smallest absolute Gasteiger partial charge is 0.111 e. The summed E-state index contributed by atoms with van der Waals surface area (Å²) in [6.07, 6.45) is 0.833. The van der Waals surface area contributed by atoms with E-state index >= 15 is 0 Å². The third-order valence-corrected chi connectivity index (χ3v) is 2.80. The molecule has 0 bridgehead atoms. The van der Waals surface area contributed by atoms with Crippen LogP contribution in [0.3, 0.4) is 0 Å². The number of imidazole rings is 1. The van der Waals surface area contributed by atoms with Gasteiger partial charge in [0.2, 0.25) is 0 Å². The predicted octanol–water partition coefficient (Wildman–Crippen LogP) is 1.22. The van der Waals surface area contributed by atoms with E-state index in [0.29, 0.717) is 13.2 Å². The summed E-state index contributed by atoms with van der Waals surface area (Å²) in [5.41, 5.74) is 8.91. The number of benzene rings is 1. The first-order valence-corrected chi connectivity index (χ1v) is 5.39. The normalized spacial score (nSPS) is 11.2. The molecule has 0 atom stereocenters. The average molecular weight is 219 g/mol. The first kappa shape index (κ1) is 11.1. The first-order valence-electron chi connectivity index (χ1n) is 5.39. The SMILES string of the molecule is COCCc1nc2ccc(CN)cc2n1C. The lowest BCUT2D eigenvalue weighted by Gasteiger charge is -2.02. The summed E-state index contributed by atoms with van der Waals surface area (Å²) in [6, 6.07) is 6.14. The second-order valence-corrected chi connectivity index (χ2v) is 3.86. The topological polar surface area (TPSA) is 53.1 Å². The molecule has 4 nitrogen and oxygen atoms in total. The Bertz CT molecular complexity index is 490. The van der Waals surface area contributed by atoms with E-state index in [-0.39, 0.29) is 0 Å². The predicted molar refractivity (Wildman–Crippen MR) is 64.2 cm³/mol. The van der Waals surface area contributed by atoms with E-state index in [1.807, 2.05) is 19.2 Å². The van der Waals surface area contributed by atoms with E-state index < -0.39 is 0 Å². The highest BCUT2D eigenvalue weighted by Crippen LogP contribution is 2.17. The van der Waals surface area contributed by atoms with Crippen molar-refractivity contribution in [3.8, 4) is 0 Å². The molecule has 0 saturated heterocycles. The van der Waals surface area contributed by atoms with E-state index in [9.17, 15) is 0 Å². The zero-order valence-electron chi connectivity index (χ0n) is 9.73. The van der Waals surface area contributed by atoms with Crippen LogP contribution in [0.15, 0.2) is 18.2 Å². The molecule has 4 heteroatoms. The van der Waals surface area contributed by atoms with Gasteiger partial charge in [0.1, 0.15) is 5.82 Å². The maximum absolute atomic E-state index is 5.63. The molecule has 0 fully saturated rings. The van der Waals surface area contributed by atoms with Gasteiger partial charge in [-0.3, -0.25) is 0 Å². The summed E-state index contributed by atoms with van der Waals surface area (Å²) in [7, 11) is 3.73. The Kier molecular flexibility index (Phi) is 3.22. The van der Waals surface area contributed by atoms with Crippen molar-refractivity contribution >= 4 is 11.0 Å². The molecule has 2 aromatic rings. The Morgan fingerprint density at radius 3 is 2.94 bits per heavy atom. The van der Waals surface area contributed by atoms with Crippen molar-refractivity contribution in [1.29, 1.82) is 0 Å². The van der Waals surface area contributed by atoms with E-state index in [1.165, 1.54) is 0 Å². The van der Waals surface area contributed by atoms with Gasteiger partial charge in [-0.05, 0) is 17.7 Å². The molecule has 2 rings (SSSR count). The highest BCUT2D eigenvalue weighted by Gasteiger charge is 2.07. The fourth-order valence-corrected chi connectivity index (χ4v) is 1.83. The third kappa shape index (κ3) is 1.94. The van der Waals surface area contributed by atoms with Gasteiger partial charge in [-0.1, -0.05) is 6.07 Å². The molecule has 86 valence electrons. The van der Waals surface area contributed by atoms with Crippen molar-refractivity contribution in [3.63, 3.8) is 0 Å². The van der Waals surface area contributed by atoms with Gasteiger partial charge in [0.15, 0.2) is 0 Å². The summed E-state index contributed by atoms with van der Waals surface area (Å²) in [6.45, 7) is 1.26. The number of fused-ring (bicyclic) bond motifs is 1. The Morgan fingerprint density at radius 2 is 2.25 bits per heavy atom. The summed E-state index contributed by atoms with van der Waals surface area (Å²) in [4.78, 5) is 4.57. The van der Waals surface area contributed by atoms with Crippen molar-refractivity contribution in [1.82, 2.24) is 9.55 Å². The van der Waals surface area contributed by atoms with Crippen LogP contribution in [0.4, 0.5) is 0 Å². The fraction of sp³-hybridized carbons (Fsp3) is 0.417. The molecular weight excluding hydrogens is 202 g/mol. The lowest BCUT2D eigenvalue weighted by Crippen LogP contribution is -2.02. The Hall–Kier alpha value is -1.39. The monoisotopic (exact) mass is 219 g/mol. The van der Waals surface area contributed by atoms with Crippen LogP contribution in [0.5, 0.6) is 0 Å². The molecule has 1 aromatic heterocycles. The molecule has 0 saturated carbocycles. The zero-order chi connectivity index (χ0) is 11.5. The van der Waals surface area contributed by atoms with Crippen LogP contribution in [0.2, 0.25) is 0 Å². The van der Waals surface area contributed by atoms with Gasteiger partial charge in [-0.15, -0.1) is 0 Å². The third-order valence-electron chi connectivity index (χ3n) is 2.80. The Balaban J connectivity index is 2.42. The number of nitrogens with two attached hydrogens (primary N) is 1. The minimum absolute atomic E-state index is 0.564. The van der Waals surface area contributed by atoms with E-state index in [0.717, 1.165) is 28.8 Å². The molecule has 0 aliphatic rings. The molecule has 16 heavy (non-hydrogen) atoms. The molecule has 1 aromatic carbocycles. The van der Waals surface area contributed by atoms with E-state index in [2.05, 4.69) is 15.6 Å². The van der Waals surface area contributed by atoms with Gasteiger partial charge < -0.3 is 15.0 Å². The maximum Gasteiger partial charge on any atom is 0.111 e. The van der Waals surface area contributed by atoms with Crippen LogP contribution in [0.1, 0.15) is 11.4 Å². The molecule has 0 aliphatic carbocycles. The highest BCUT2D eigenvalue weighted by molar-refractivity contribution is 5.76. The van der Waals surface area contributed by atoms with Gasteiger partial charge in [-0.2, -0.15) is 0 Å². The van der Waals surface area contributed by atoms with Crippen LogP contribution in [0, 0.1) is 0 Å². The molecule has 0 radical (unpaired) electrons. The Morgan fingerprint density at radius 1 is 1.44 bits per heavy atom. The summed E-state index contributed by atoms with van der Waals surface area (Å²) < 4.78 is 7.17. The fourth-order valence-electron chi connectivity index (χ4n) is 1.83. The van der Waals surface area contributed by atoms with Crippen molar-refractivity contribution < 1.29 is 4.74 Å². The minimum Gasteiger partial charge on any atom is -0.384 e. The lowest BCUT2D eigenvalue weighted by atomic mass is 10.2. The second kappa shape index (κ2) is 4.63. The number of aryl methyl sites for hydroxylation is 1. The highest BCUT2D eigenvalue weighted by atomic mass is 16.5. The van der Waals surface area contributed by atoms with Gasteiger partial charge >= 0.3 is 0 Å². The van der Waals surface area contributed by atoms with Crippen LogP contribution in [0.25, 0.3) is 11.0 Å². The molecular formula is C12H17N3O. The molecule has 0 unspecified atom stereocenters. The van der Waals surface area contributed by atoms with Crippen molar-refractivity contribution in [2.75, 3.05) is 13.7 Å². The van der Waals surface area contributed by atoms with Crippen molar-refractivity contribution in [3.05, 3.63) is 29.6 Å².